The Bertz CT molecular complexity index is 481. The van der Waals surface area contributed by atoms with Crippen LogP contribution >= 0.6 is 0 Å². The van der Waals surface area contributed by atoms with Crippen LogP contribution in [0.15, 0.2) is 20.2 Å². The molecule has 0 saturated heterocycles. The SMILES string of the molecule is CC(C)(N=NC(C)(C)C1=NC(CCO)CN1)C1=NC(CCO)CN1. The van der Waals surface area contributed by atoms with E-state index in [9.17, 15) is 0 Å². The molecule has 0 fully saturated rings. The second-order valence-electron chi connectivity index (χ2n) is 7.37. The lowest BCUT2D eigenvalue weighted by Gasteiger charge is -2.23. The van der Waals surface area contributed by atoms with Gasteiger partial charge in [-0.25, -0.2) is 0 Å². The largest absolute Gasteiger partial charge is 0.396 e. The van der Waals surface area contributed by atoms with Gasteiger partial charge in [-0.2, -0.15) is 10.2 Å². The van der Waals surface area contributed by atoms with Gasteiger partial charge < -0.3 is 20.8 Å². The van der Waals surface area contributed by atoms with Crippen LogP contribution < -0.4 is 10.6 Å². The van der Waals surface area contributed by atoms with E-state index in [0.29, 0.717) is 12.8 Å². The topological polar surface area (TPSA) is 114 Å². The van der Waals surface area contributed by atoms with Gasteiger partial charge in [0, 0.05) is 26.3 Å². The number of hydrogen-bond acceptors (Lipinski definition) is 8. The molecular formula is C16H30N6O2. The molecule has 24 heavy (non-hydrogen) atoms. The monoisotopic (exact) mass is 338 g/mol. The molecule has 2 heterocycles. The Morgan fingerprint density at radius 2 is 1.25 bits per heavy atom. The molecule has 0 aliphatic carbocycles. The van der Waals surface area contributed by atoms with Gasteiger partial charge in [0.05, 0.1) is 12.1 Å². The fourth-order valence-corrected chi connectivity index (χ4v) is 2.70. The van der Waals surface area contributed by atoms with Crippen molar-refractivity contribution in [3.05, 3.63) is 0 Å². The first kappa shape index (κ1) is 18.8. The summed E-state index contributed by atoms with van der Waals surface area (Å²) in [5.41, 5.74) is -1.10. The van der Waals surface area contributed by atoms with Crippen LogP contribution in [0.25, 0.3) is 0 Å². The van der Waals surface area contributed by atoms with Gasteiger partial charge in [-0.1, -0.05) is 0 Å². The van der Waals surface area contributed by atoms with E-state index in [-0.39, 0.29) is 25.3 Å². The lowest BCUT2D eigenvalue weighted by atomic mass is 10.0. The van der Waals surface area contributed by atoms with Gasteiger partial charge in [0.2, 0.25) is 0 Å². The van der Waals surface area contributed by atoms with Crippen LogP contribution in [0, 0.1) is 0 Å². The molecule has 4 N–H and O–H groups in total. The molecule has 0 aromatic carbocycles. The maximum atomic E-state index is 9.03. The van der Waals surface area contributed by atoms with Crippen LogP contribution in [0.1, 0.15) is 40.5 Å². The number of rotatable bonds is 8. The van der Waals surface area contributed by atoms with Crippen molar-refractivity contribution in [2.75, 3.05) is 26.3 Å². The molecule has 2 unspecified atom stereocenters. The standard InChI is InChI=1S/C16H30N6O2/c1-15(2,13-17-9-11(19-13)5-7-23)21-22-16(3,4)14-18-10-12(20-14)6-8-24/h11-12,23-24H,5-10H2,1-4H3,(H,17,19)(H,18,20). The van der Waals surface area contributed by atoms with Gasteiger partial charge in [-0.3, -0.25) is 9.98 Å². The smallest absolute Gasteiger partial charge is 0.133 e. The highest BCUT2D eigenvalue weighted by molar-refractivity contribution is 5.93. The molecule has 136 valence electrons. The van der Waals surface area contributed by atoms with E-state index in [2.05, 4.69) is 30.8 Å². The van der Waals surface area contributed by atoms with Crippen LogP contribution in [0.2, 0.25) is 0 Å². The molecule has 0 aromatic rings. The molecule has 0 aromatic heterocycles. The third-order valence-corrected chi connectivity index (χ3v) is 4.27. The summed E-state index contributed by atoms with van der Waals surface area (Å²) in [6.45, 7) is 9.62. The summed E-state index contributed by atoms with van der Waals surface area (Å²) in [4.78, 5) is 9.20. The molecule has 0 amide bonds. The minimum absolute atomic E-state index is 0.104. The first-order chi connectivity index (χ1) is 11.3. The Morgan fingerprint density at radius 1 is 0.875 bits per heavy atom. The van der Waals surface area contributed by atoms with Crippen molar-refractivity contribution < 1.29 is 10.2 Å². The molecule has 0 spiro atoms. The fraction of sp³-hybridized carbons (Fsp3) is 0.875. The summed E-state index contributed by atoms with van der Waals surface area (Å²) < 4.78 is 0. The summed E-state index contributed by atoms with van der Waals surface area (Å²) in [6, 6.07) is 0.209. The summed E-state index contributed by atoms with van der Waals surface area (Å²) in [7, 11) is 0. The Kier molecular flexibility index (Phi) is 5.92. The van der Waals surface area contributed by atoms with Gasteiger partial charge >= 0.3 is 0 Å². The molecule has 2 aliphatic rings. The molecule has 0 saturated carbocycles. The fourth-order valence-electron chi connectivity index (χ4n) is 2.70. The molecule has 2 atom stereocenters. The second-order valence-corrected chi connectivity index (χ2v) is 7.37. The van der Waals surface area contributed by atoms with E-state index in [1.54, 1.807) is 0 Å². The summed E-state index contributed by atoms with van der Waals surface area (Å²) in [5, 5.41) is 33.6. The number of amidine groups is 2. The van der Waals surface area contributed by atoms with Gasteiger partial charge in [-0.05, 0) is 40.5 Å². The first-order valence-corrected chi connectivity index (χ1v) is 8.58. The first-order valence-electron chi connectivity index (χ1n) is 8.58. The summed E-state index contributed by atoms with van der Waals surface area (Å²) >= 11 is 0. The number of azo groups is 1. The van der Waals surface area contributed by atoms with Crippen LogP contribution in [-0.2, 0) is 0 Å². The highest BCUT2D eigenvalue weighted by Crippen LogP contribution is 2.22. The number of hydrogen-bond donors (Lipinski definition) is 4. The summed E-state index contributed by atoms with van der Waals surface area (Å²) in [6.07, 6.45) is 1.31. The molecule has 0 bridgehead atoms. The molecule has 8 nitrogen and oxygen atoms in total. The average molecular weight is 338 g/mol. The minimum Gasteiger partial charge on any atom is -0.396 e. The molecule has 8 heteroatoms. The average Bonchev–Trinajstić information content (AvgIpc) is 3.16. The lowest BCUT2D eigenvalue weighted by molar-refractivity contribution is 0.277. The van der Waals surface area contributed by atoms with Crippen molar-refractivity contribution in [2.45, 2.75) is 63.7 Å². The second kappa shape index (κ2) is 7.57. The van der Waals surface area contributed by atoms with Crippen molar-refractivity contribution in [3.63, 3.8) is 0 Å². The van der Waals surface area contributed by atoms with Gasteiger partial charge in [-0.15, -0.1) is 0 Å². The Hall–Kier alpha value is -1.54. The summed E-state index contributed by atoms with van der Waals surface area (Å²) in [5.74, 6) is 1.61. The maximum absolute atomic E-state index is 9.03. The number of aliphatic imine (C=N–C) groups is 2. The van der Waals surface area contributed by atoms with Crippen molar-refractivity contribution in [1.29, 1.82) is 0 Å². The molecular weight excluding hydrogens is 308 g/mol. The van der Waals surface area contributed by atoms with Gasteiger partial charge in [0.15, 0.2) is 0 Å². The van der Waals surface area contributed by atoms with E-state index < -0.39 is 11.1 Å². The van der Waals surface area contributed by atoms with Gasteiger partial charge in [0.1, 0.15) is 22.7 Å². The Labute approximate surface area is 143 Å². The quantitative estimate of drug-likeness (QED) is 0.483. The number of aliphatic hydroxyl groups excluding tert-OH is 2. The normalized spacial score (nSPS) is 24.8. The van der Waals surface area contributed by atoms with Crippen LogP contribution in [-0.4, -0.2) is 71.3 Å². The van der Waals surface area contributed by atoms with E-state index >= 15 is 0 Å². The number of nitrogens with one attached hydrogen (secondary N) is 2. The number of nitrogens with zero attached hydrogens (tertiary/aromatic N) is 4. The zero-order chi connectivity index (χ0) is 17.8. The molecule has 2 aliphatic heterocycles. The Balaban J connectivity index is 2.05. The predicted octanol–water partition coefficient (Wildman–Crippen LogP) is 0.501. The molecule has 2 rings (SSSR count). The highest BCUT2D eigenvalue weighted by Gasteiger charge is 2.34. The molecule has 0 radical (unpaired) electrons. The van der Waals surface area contributed by atoms with E-state index in [1.807, 2.05) is 27.7 Å². The van der Waals surface area contributed by atoms with Crippen molar-refractivity contribution in [2.24, 2.45) is 20.2 Å². The predicted molar refractivity (Wildman–Crippen MR) is 94.9 cm³/mol. The minimum atomic E-state index is -0.550. The van der Waals surface area contributed by atoms with Crippen molar-refractivity contribution in [1.82, 2.24) is 10.6 Å². The van der Waals surface area contributed by atoms with Crippen molar-refractivity contribution in [3.8, 4) is 0 Å². The number of aliphatic hydroxyl groups is 2. The zero-order valence-corrected chi connectivity index (χ0v) is 15.1. The van der Waals surface area contributed by atoms with Crippen molar-refractivity contribution >= 4 is 11.7 Å². The van der Waals surface area contributed by atoms with E-state index in [4.69, 9.17) is 10.2 Å². The van der Waals surface area contributed by atoms with E-state index in [1.165, 1.54) is 0 Å². The third kappa shape index (κ3) is 4.51. The van der Waals surface area contributed by atoms with Crippen LogP contribution in [0.3, 0.4) is 0 Å². The lowest BCUT2D eigenvalue weighted by Crippen LogP contribution is -2.41. The van der Waals surface area contributed by atoms with Crippen LogP contribution in [0.5, 0.6) is 0 Å². The maximum Gasteiger partial charge on any atom is 0.133 e. The van der Waals surface area contributed by atoms with E-state index in [0.717, 1.165) is 24.8 Å². The zero-order valence-electron chi connectivity index (χ0n) is 15.1. The Morgan fingerprint density at radius 3 is 1.58 bits per heavy atom. The van der Waals surface area contributed by atoms with Crippen LogP contribution in [0.4, 0.5) is 0 Å². The third-order valence-electron chi connectivity index (χ3n) is 4.27. The van der Waals surface area contributed by atoms with Gasteiger partial charge in [0.25, 0.3) is 0 Å². The highest BCUT2D eigenvalue weighted by atomic mass is 16.3.